The Hall–Kier alpha value is -3.52. The van der Waals surface area contributed by atoms with Crippen molar-refractivity contribution in [3.8, 4) is 6.07 Å². The van der Waals surface area contributed by atoms with Crippen LogP contribution in [0.2, 0.25) is 0 Å². The topological polar surface area (TPSA) is 62.5 Å². The van der Waals surface area contributed by atoms with E-state index in [1.54, 1.807) is 12.3 Å². The molecule has 0 saturated carbocycles. The maximum Gasteiger partial charge on any atom is 0.416 e. The van der Waals surface area contributed by atoms with E-state index < -0.39 is 17.8 Å². The Labute approximate surface area is 227 Å². The molecule has 0 aliphatic carbocycles. The predicted molar refractivity (Wildman–Crippen MR) is 143 cm³/mol. The number of anilines is 1. The van der Waals surface area contributed by atoms with Gasteiger partial charge in [0.25, 0.3) is 0 Å². The third-order valence-corrected chi connectivity index (χ3v) is 7.67. The first kappa shape index (κ1) is 27.1. The number of aromatic nitrogens is 2. The Kier molecular flexibility index (Phi) is 8.12. The molecular formula is C29H32F3N7. The summed E-state index contributed by atoms with van der Waals surface area (Å²) in [6.45, 7) is 6.97. The summed E-state index contributed by atoms with van der Waals surface area (Å²) in [7, 11) is 2.12. The zero-order valence-electron chi connectivity index (χ0n) is 22.0. The van der Waals surface area contributed by atoms with Gasteiger partial charge < -0.3 is 9.80 Å². The SMILES string of the molecule is CN1CCN(c2ccc(C#N)c(CN3CCN(C(c4cnccn4)c4ccccc4C(F)(F)F)CC3)c2)CC1. The average molecular weight is 536 g/mol. The number of hydrogen-bond acceptors (Lipinski definition) is 7. The highest BCUT2D eigenvalue weighted by atomic mass is 19.4. The summed E-state index contributed by atoms with van der Waals surface area (Å²) >= 11 is 0. The van der Waals surface area contributed by atoms with Crippen LogP contribution in [0, 0.1) is 11.3 Å². The molecule has 1 aromatic heterocycles. The van der Waals surface area contributed by atoms with Gasteiger partial charge in [0.05, 0.1) is 35.1 Å². The van der Waals surface area contributed by atoms with Gasteiger partial charge in [-0.05, 0) is 42.4 Å². The van der Waals surface area contributed by atoms with Crippen LogP contribution >= 0.6 is 0 Å². The smallest absolute Gasteiger partial charge is 0.369 e. The molecule has 2 fully saturated rings. The lowest BCUT2D eigenvalue weighted by Crippen LogP contribution is -2.48. The Morgan fingerprint density at radius 1 is 0.949 bits per heavy atom. The van der Waals surface area contributed by atoms with Crippen LogP contribution in [0.25, 0.3) is 0 Å². The minimum absolute atomic E-state index is 0.186. The summed E-state index contributed by atoms with van der Waals surface area (Å²) in [6.07, 6.45) is 0.122. The summed E-state index contributed by atoms with van der Waals surface area (Å²) in [5, 5.41) is 9.74. The molecule has 1 atom stereocenters. The van der Waals surface area contributed by atoms with Crippen LogP contribution in [0.4, 0.5) is 18.9 Å². The molecule has 2 aliphatic rings. The average Bonchev–Trinajstić information content (AvgIpc) is 2.95. The van der Waals surface area contributed by atoms with Crippen molar-refractivity contribution in [1.29, 1.82) is 5.26 Å². The molecule has 3 aromatic rings. The van der Waals surface area contributed by atoms with Crippen molar-refractivity contribution < 1.29 is 13.2 Å². The summed E-state index contributed by atoms with van der Waals surface area (Å²) in [6, 6.07) is 13.4. The highest BCUT2D eigenvalue weighted by Crippen LogP contribution is 2.38. The number of hydrogen-bond donors (Lipinski definition) is 0. The number of likely N-dealkylation sites (N-methyl/N-ethyl adjacent to an activating group) is 1. The third-order valence-electron chi connectivity index (χ3n) is 7.67. The summed E-state index contributed by atoms with van der Waals surface area (Å²) in [5.41, 5.74) is 2.80. The van der Waals surface area contributed by atoms with Crippen LogP contribution in [-0.4, -0.2) is 84.1 Å². The van der Waals surface area contributed by atoms with Gasteiger partial charge in [-0.2, -0.15) is 18.4 Å². The molecule has 7 nitrogen and oxygen atoms in total. The van der Waals surface area contributed by atoms with Crippen molar-refractivity contribution in [2.24, 2.45) is 0 Å². The number of benzene rings is 2. The van der Waals surface area contributed by atoms with Gasteiger partial charge in [0.15, 0.2) is 0 Å². The number of nitrogens with zero attached hydrogens (tertiary/aromatic N) is 7. The molecule has 0 N–H and O–H groups in total. The minimum Gasteiger partial charge on any atom is -0.369 e. The second-order valence-electron chi connectivity index (χ2n) is 10.2. The van der Waals surface area contributed by atoms with Crippen molar-refractivity contribution in [2.75, 3.05) is 64.3 Å². The van der Waals surface area contributed by atoms with E-state index in [9.17, 15) is 18.4 Å². The molecule has 0 bridgehead atoms. The molecule has 0 amide bonds. The summed E-state index contributed by atoms with van der Waals surface area (Å²) in [4.78, 5) is 17.5. The zero-order valence-corrected chi connectivity index (χ0v) is 22.0. The summed E-state index contributed by atoms with van der Waals surface area (Å²) in [5.74, 6) is 0. The monoisotopic (exact) mass is 535 g/mol. The van der Waals surface area contributed by atoms with Crippen LogP contribution in [0.15, 0.2) is 61.1 Å². The van der Waals surface area contributed by atoms with Crippen molar-refractivity contribution in [1.82, 2.24) is 24.7 Å². The quantitative estimate of drug-likeness (QED) is 0.473. The molecule has 0 radical (unpaired) electrons. The normalized spacial score (nSPS) is 18.6. The second kappa shape index (κ2) is 11.7. The van der Waals surface area contributed by atoms with E-state index in [0.717, 1.165) is 43.5 Å². The number of rotatable bonds is 6. The van der Waals surface area contributed by atoms with Gasteiger partial charge >= 0.3 is 6.18 Å². The van der Waals surface area contributed by atoms with Crippen molar-refractivity contribution in [3.05, 3.63) is 89.0 Å². The van der Waals surface area contributed by atoms with Gasteiger partial charge in [0, 0.05) is 77.0 Å². The molecule has 2 aliphatic heterocycles. The van der Waals surface area contributed by atoms with Gasteiger partial charge in [0.1, 0.15) is 0 Å². The van der Waals surface area contributed by atoms with E-state index in [1.807, 2.05) is 12.1 Å². The molecular weight excluding hydrogens is 503 g/mol. The third kappa shape index (κ3) is 6.22. The number of nitriles is 1. The number of halogens is 3. The van der Waals surface area contributed by atoms with Crippen molar-refractivity contribution >= 4 is 5.69 Å². The van der Waals surface area contributed by atoms with Crippen molar-refractivity contribution in [2.45, 2.75) is 18.8 Å². The van der Waals surface area contributed by atoms with Gasteiger partial charge in [-0.15, -0.1) is 0 Å². The van der Waals surface area contributed by atoms with Crippen LogP contribution in [0.3, 0.4) is 0 Å². The highest BCUT2D eigenvalue weighted by Gasteiger charge is 2.38. The van der Waals surface area contributed by atoms with E-state index in [0.29, 0.717) is 44.0 Å². The first-order chi connectivity index (χ1) is 18.8. The molecule has 2 saturated heterocycles. The molecule has 39 heavy (non-hydrogen) atoms. The fourth-order valence-electron chi connectivity index (χ4n) is 5.49. The fraction of sp³-hybridized carbons (Fsp3) is 0.414. The Bertz CT molecular complexity index is 1290. The molecule has 204 valence electrons. The van der Waals surface area contributed by atoms with Gasteiger partial charge in [-0.3, -0.25) is 19.8 Å². The van der Waals surface area contributed by atoms with Crippen LogP contribution in [-0.2, 0) is 12.7 Å². The first-order valence-corrected chi connectivity index (χ1v) is 13.2. The molecule has 2 aromatic carbocycles. The maximum absolute atomic E-state index is 14.0. The molecule has 5 rings (SSSR count). The molecule has 0 spiro atoms. The van der Waals surface area contributed by atoms with Gasteiger partial charge in [-0.25, -0.2) is 0 Å². The van der Waals surface area contributed by atoms with E-state index in [4.69, 9.17) is 0 Å². The molecule has 3 heterocycles. The van der Waals surface area contributed by atoms with Crippen LogP contribution in [0.1, 0.15) is 34.0 Å². The predicted octanol–water partition coefficient (Wildman–Crippen LogP) is 4.03. The number of piperazine rings is 2. The van der Waals surface area contributed by atoms with Gasteiger partial charge in [0.2, 0.25) is 0 Å². The number of alkyl halides is 3. The van der Waals surface area contributed by atoms with Crippen LogP contribution in [0.5, 0.6) is 0 Å². The minimum atomic E-state index is -4.47. The molecule has 1 unspecified atom stereocenters. The lowest BCUT2D eigenvalue weighted by atomic mass is 9.95. The highest BCUT2D eigenvalue weighted by molar-refractivity contribution is 5.54. The lowest BCUT2D eigenvalue weighted by molar-refractivity contribution is -0.138. The standard InChI is InChI=1S/C29H32F3N7/c1-36-10-14-38(15-11-36)24-7-6-22(19-33)23(18-24)21-37-12-16-39(17-13-37)28(27-20-34-8-9-35-27)25-4-2-3-5-26(25)29(30,31)32/h2-9,18,20,28H,10-17,21H2,1H3. The second-order valence-corrected chi connectivity index (χ2v) is 10.2. The van der Waals surface area contributed by atoms with Gasteiger partial charge in [-0.1, -0.05) is 18.2 Å². The first-order valence-electron chi connectivity index (χ1n) is 13.2. The van der Waals surface area contributed by atoms with Crippen LogP contribution < -0.4 is 4.90 Å². The summed E-state index contributed by atoms with van der Waals surface area (Å²) < 4.78 is 41.9. The fourth-order valence-corrected chi connectivity index (χ4v) is 5.49. The maximum atomic E-state index is 14.0. The van der Waals surface area contributed by atoms with Crippen molar-refractivity contribution in [3.63, 3.8) is 0 Å². The van der Waals surface area contributed by atoms with E-state index in [2.05, 4.69) is 48.8 Å². The Morgan fingerprint density at radius 3 is 2.36 bits per heavy atom. The zero-order chi connectivity index (χ0) is 27.4. The van der Waals surface area contributed by atoms with E-state index in [-0.39, 0.29) is 5.56 Å². The molecule has 10 heteroatoms. The Balaban J connectivity index is 1.34. The van der Waals surface area contributed by atoms with E-state index >= 15 is 0 Å². The van der Waals surface area contributed by atoms with E-state index in [1.165, 1.54) is 24.5 Å². The largest absolute Gasteiger partial charge is 0.416 e. The Morgan fingerprint density at radius 2 is 1.69 bits per heavy atom. The lowest BCUT2D eigenvalue weighted by Gasteiger charge is -2.40.